The molecule has 1 aliphatic heterocycles. The monoisotopic (exact) mass is 153 g/mol. The van der Waals surface area contributed by atoms with Gasteiger partial charge in [-0.25, -0.2) is 0 Å². The van der Waals surface area contributed by atoms with Crippen LogP contribution in [0, 0.1) is 5.92 Å². The van der Waals surface area contributed by atoms with Crippen molar-refractivity contribution in [3.63, 3.8) is 0 Å². The van der Waals surface area contributed by atoms with Crippen molar-refractivity contribution < 1.29 is 13.2 Å². The third-order valence-corrected chi connectivity index (χ3v) is 1.85. The fourth-order valence-electron chi connectivity index (χ4n) is 1.20. The molecule has 0 aromatic rings. The number of hydrogen-bond donors (Lipinski definition) is 0. The smallest absolute Gasteiger partial charge is 0.306 e. The third kappa shape index (κ3) is 1.62. The van der Waals surface area contributed by atoms with Crippen molar-refractivity contribution >= 4 is 0 Å². The summed E-state index contributed by atoms with van der Waals surface area (Å²) in [6.07, 6.45) is -3.72. The van der Waals surface area contributed by atoms with Crippen LogP contribution in [0.2, 0.25) is 0 Å². The van der Waals surface area contributed by atoms with Crippen molar-refractivity contribution in [3.05, 3.63) is 0 Å². The van der Waals surface area contributed by atoms with E-state index in [0.29, 0.717) is 6.54 Å². The quantitative estimate of drug-likeness (QED) is 0.509. The van der Waals surface area contributed by atoms with Gasteiger partial charge < -0.3 is 4.90 Å². The molecule has 1 nitrogen and oxygen atoms in total. The lowest BCUT2D eigenvalue weighted by molar-refractivity contribution is -0.170. The Morgan fingerprint density at radius 2 is 2.00 bits per heavy atom. The fourth-order valence-corrected chi connectivity index (χ4v) is 1.20. The Kier molecular flexibility index (Phi) is 1.90. The SMILES string of the molecule is CN1CCC(C(F)(F)F)C1. The molecule has 0 aromatic carbocycles. The number of nitrogens with zero attached hydrogens (tertiary/aromatic N) is 1. The zero-order valence-corrected chi connectivity index (χ0v) is 5.78. The van der Waals surface area contributed by atoms with Gasteiger partial charge in [-0.15, -0.1) is 0 Å². The van der Waals surface area contributed by atoms with E-state index < -0.39 is 12.1 Å². The molecule has 1 fully saturated rings. The van der Waals surface area contributed by atoms with Crippen LogP contribution in [-0.4, -0.2) is 31.2 Å². The summed E-state index contributed by atoms with van der Waals surface area (Å²) in [5.74, 6) is -1.09. The summed E-state index contributed by atoms with van der Waals surface area (Å²) < 4.78 is 35.7. The molecular formula is C6H10F3N. The highest BCUT2D eigenvalue weighted by atomic mass is 19.4. The molecule has 60 valence electrons. The first-order valence-corrected chi connectivity index (χ1v) is 3.25. The second kappa shape index (κ2) is 2.42. The Hall–Kier alpha value is -0.250. The second-order valence-corrected chi connectivity index (χ2v) is 2.79. The van der Waals surface area contributed by atoms with Gasteiger partial charge in [-0.2, -0.15) is 13.2 Å². The molecule has 0 aromatic heterocycles. The zero-order valence-electron chi connectivity index (χ0n) is 5.78. The van der Waals surface area contributed by atoms with Crippen LogP contribution in [-0.2, 0) is 0 Å². The van der Waals surface area contributed by atoms with E-state index in [-0.39, 0.29) is 13.0 Å². The lowest BCUT2D eigenvalue weighted by Gasteiger charge is -2.13. The molecule has 0 aliphatic carbocycles. The van der Waals surface area contributed by atoms with Crippen LogP contribution in [0.5, 0.6) is 0 Å². The molecule has 10 heavy (non-hydrogen) atoms. The Bertz CT molecular complexity index is 121. The van der Waals surface area contributed by atoms with E-state index >= 15 is 0 Å². The van der Waals surface area contributed by atoms with E-state index in [2.05, 4.69) is 0 Å². The van der Waals surface area contributed by atoms with Gasteiger partial charge in [0.05, 0.1) is 5.92 Å². The highest BCUT2D eigenvalue weighted by molar-refractivity contribution is 4.78. The van der Waals surface area contributed by atoms with E-state index in [1.165, 1.54) is 0 Å². The highest BCUT2D eigenvalue weighted by Gasteiger charge is 2.42. The van der Waals surface area contributed by atoms with Crippen molar-refractivity contribution in [1.82, 2.24) is 4.90 Å². The number of hydrogen-bond acceptors (Lipinski definition) is 1. The summed E-state index contributed by atoms with van der Waals surface area (Å²) in [4.78, 5) is 1.71. The first-order chi connectivity index (χ1) is 4.50. The molecule has 0 amide bonds. The fraction of sp³-hybridized carbons (Fsp3) is 1.00. The summed E-state index contributed by atoms with van der Waals surface area (Å²) in [7, 11) is 1.71. The minimum absolute atomic E-state index is 0.170. The van der Waals surface area contributed by atoms with Gasteiger partial charge in [0.2, 0.25) is 0 Å². The maximum absolute atomic E-state index is 11.9. The van der Waals surface area contributed by atoms with Gasteiger partial charge in [-0.3, -0.25) is 0 Å². The first kappa shape index (κ1) is 7.85. The number of likely N-dealkylation sites (tertiary alicyclic amines) is 1. The summed E-state index contributed by atoms with van der Waals surface area (Å²) >= 11 is 0. The van der Waals surface area contributed by atoms with Crippen LogP contribution < -0.4 is 0 Å². The van der Waals surface area contributed by atoms with Crippen molar-refractivity contribution in [2.24, 2.45) is 5.92 Å². The van der Waals surface area contributed by atoms with E-state index in [9.17, 15) is 13.2 Å². The largest absolute Gasteiger partial charge is 0.393 e. The molecule has 0 spiro atoms. The van der Waals surface area contributed by atoms with Crippen molar-refractivity contribution in [3.8, 4) is 0 Å². The topological polar surface area (TPSA) is 3.24 Å². The van der Waals surface area contributed by atoms with Gasteiger partial charge in [0, 0.05) is 6.54 Å². The van der Waals surface area contributed by atoms with Crippen LogP contribution in [0.1, 0.15) is 6.42 Å². The predicted molar refractivity (Wildman–Crippen MR) is 31.7 cm³/mol. The molecule has 1 saturated heterocycles. The van der Waals surface area contributed by atoms with Gasteiger partial charge in [-0.1, -0.05) is 0 Å². The van der Waals surface area contributed by atoms with Gasteiger partial charge >= 0.3 is 6.18 Å². The number of halogens is 3. The van der Waals surface area contributed by atoms with E-state index in [1.807, 2.05) is 0 Å². The highest BCUT2D eigenvalue weighted by Crippen LogP contribution is 2.32. The molecule has 0 N–H and O–H groups in total. The summed E-state index contributed by atoms with van der Waals surface area (Å²) in [6.45, 7) is 0.744. The van der Waals surface area contributed by atoms with E-state index in [1.54, 1.807) is 11.9 Å². The van der Waals surface area contributed by atoms with Crippen molar-refractivity contribution in [1.29, 1.82) is 0 Å². The molecule has 1 rings (SSSR count). The minimum atomic E-state index is -3.98. The van der Waals surface area contributed by atoms with Crippen LogP contribution in [0.25, 0.3) is 0 Å². The Morgan fingerprint density at radius 1 is 1.40 bits per heavy atom. The second-order valence-electron chi connectivity index (χ2n) is 2.79. The molecule has 1 aliphatic rings. The van der Waals surface area contributed by atoms with Crippen LogP contribution in [0.4, 0.5) is 13.2 Å². The minimum Gasteiger partial charge on any atom is -0.306 e. The maximum atomic E-state index is 11.9. The molecule has 0 radical (unpaired) electrons. The van der Waals surface area contributed by atoms with E-state index in [4.69, 9.17) is 0 Å². The van der Waals surface area contributed by atoms with E-state index in [0.717, 1.165) is 0 Å². The Balaban J connectivity index is 2.45. The summed E-state index contributed by atoms with van der Waals surface area (Å²) in [6, 6.07) is 0. The predicted octanol–water partition coefficient (Wildman–Crippen LogP) is 1.50. The molecule has 1 atom stereocenters. The molecule has 4 heteroatoms. The molecule has 0 bridgehead atoms. The van der Waals surface area contributed by atoms with Gasteiger partial charge in [-0.05, 0) is 20.0 Å². The average Bonchev–Trinajstić information content (AvgIpc) is 2.11. The Labute approximate surface area is 57.8 Å². The van der Waals surface area contributed by atoms with Crippen LogP contribution in [0.15, 0.2) is 0 Å². The first-order valence-electron chi connectivity index (χ1n) is 3.25. The molecule has 1 heterocycles. The maximum Gasteiger partial charge on any atom is 0.393 e. The molecular weight excluding hydrogens is 143 g/mol. The van der Waals surface area contributed by atoms with Gasteiger partial charge in [0.25, 0.3) is 0 Å². The van der Waals surface area contributed by atoms with Gasteiger partial charge in [0.1, 0.15) is 0 Å². The summed E-state index contributed by atoms with van der Waals surface area (Å²) in [5, 5.41) is 0. The Morgan fingerprint density at radius 3 is 2.20 bits per heavy atom. The molecule has 0 saturated carbocycles. The standard InChI is InChI=1S/C6H10F3N/c1-10-3-2-5(4-10)6(7,8)9/h5H,2-4H2,1H3. The lowest BCUT2D eigenvalue weighted by atomic mass is 10.1. The third-order valence-electron chi connectivity index (χ3n) is 1.85. The van der Waals surface area contributed by atoms with Crippen molar-refractivity contribution in [2.75, 3.05) is 20.1 Å². The number of alkyl halides is 3. The van der Waals surface area contributed by atoms with Crippen LogP contribution in [0.3, 0.4) is 0 Å². The van der Waals surface area contributed by atoms with Gasteiger partial charge in [0.15, 0.2) is 0 Å². The zero-order chi connectivity index (χ0) is 7.78. The lowest BCUT2D eigenvalue weighted by Crippen LogP contribution is -2.25. The molecule has 1 unspecified atom stereocenters. The van der Waals surface area contributed by atoms with Crippen LogP contribution >= 0.6 is 0 Å². The van der Waals surface area contributed by atoms with Crippen molar-refractivity contribution in [2.45, 2.75) is 12.6 Å². The summed E-state index contributed by atoms with van der Waals surface area (Å²) in [5.41, 5.74) is 0. The normalized spacial score (nSPS) is 29.4. The number of rotatable bonds is 0. The average molecular weight is 153 g/mol.